The SMILES string of the molecule is COC(=O)C1CCCC(C(F)(F)F)C1.Cl.N. The summed E-state index contributed by atoms with van der Waals surface area (Å²) in [5.74, 6) is -2.42. The van der Waals surface area contributed by atoms with Crippen LogP contribution in [0, 0.1) is 11.8 Å². The van der Waals surface area contributed by atoms with Gasteiger partial charge < -0.3 is 10.9 Å². The lowest BCUT2D eigenvalue weighted by molar-refractivity contribution is -0.188. The molecule has 3 nitrogen and oxygen atoms in total. The van der Waals surface area contributed by atoms with Gasteiger partial charge in [-0.2, -0.15) is 13.2 Å². The molecule has 2 atom stereocenters. The Morgan fingerprint density at radius 3 is 2.31 bits per heavy atom. The molecule has 1 fully saturated rings. The van der Waals surface area contributed by atoms with Crippen LogP contribution in [0.15, 0.2) is 0 Å². The highest BCUT2D eigenvalue weighted by Crippen LogP contribution is 2.40. The van der Waals surface area contributed by atoms with E-state index in [1.165, 1.54) is 7.11 Å². The van der Waals surface area contributed by atoms with Gasteiger partial charge in [0.2, 0.25) is 0 Å². The van der Waals surface area contributed by atoms with Crippen LogP contribution in [0.5, 0.6) is 0 Å². The zero-order valence-corrected chi connectivity index (χ0v) is 9.87. The molecule has 7 heteroatoms. The summed E-state index contributed by atoms with van der Waals surface area (Å²) in [6.45, 7) is 0. The van der Waals surface area contributed by atoms with Crippen molar-refractivity contribution in [2.75, 3.05) is 7.11 Å². The van der Waals surface area contributed by atoms with Crippen LogP contribution in [0.4, 0.5) is 13.2 Å². The molecule has 0 heterocycles. The summed E-state index contributed by atoms with van der Waals surface area (Å²) >= 11 is 0. The van der Waals surface area contributed by atoms with E-state index >= 15 is 0 Å². The van der Waals surface area contributed by atoms with Gasteiger partial charge in [-0.25, -0.2) is 0 Å². The lowest BCUT2D eigenvalue weighted by atomic mass is 9.81. The number of alkyl halides is 3. The summed E-state index contributed by atoms with van der Waals surface area (Å²) in [6.07, 6.45) is -3.19. The van der Waals surface area contributed by atoms with Crippen LogP contribution >= 0.6 is 12.4 Å². The maximum atomic E-state index is 12.3. The third kappa shape index (κ3) is 4.57. The van der Waals surface area contributed by atoms with Crippen LogP contribution in [0.25, 0.3) is 0 Å². The van der Waals surface area contributed by atoms with Gasteiger partial charge in [0.05, 0.1) is 18.9 Å². The van der Waals surface area contributed by atoms with E-state index in [9.17, 15) is 18.0 Å². The number of esters is 1. The van der Waals surface area contributed by atoms with Gasteiger partial charge in [-0.15, -0.1) is 12.4 Å². The molecule has 0 amide bonds. The Balaban J connectivity index is 0. The predicted molar refractivity (Wildman–Crippen MR) is 55.8 cm³/mol. The molecule has 1 aliphatic rings. The number of ether oxygens (including phenoxy) is 1. The monoisotopic (exact) mass is 263 g/mol. The quantitative estimate of drug-likeness (QED) is 0.740. The van der Waals surface area contributed by atoms with Crippen molar-refractivity contribution >= 4 is 18.4 Å². The molecule has 0 aromatic rings. The van der Waals surface area contributed by atoms with E-state index in [4.69, 9.17) is 0 Å². The maximum Gasteiger partial charge on any atom is 0.391 e. The maximum absolute atomic E-state index is 12.3. The molecular weight excluding hydrogens is 247 g/mol. The first-order valence-corrected chi connectivity index (χ1v) is 4.59. The summed E-state index contributed by atoms with van der Waals surface area (Å²) in [7, 11) is 1.21. The van der Waals surface area contributed by atoms with Gasteiger partial charge in [0.1, 0.15) is 0 Å². The summed E-state index contributed by atoms with van der Waals surface area (Å²) in [5.41, 5.74) is 0. The van der Waals surface area contributed by atoms with E-state index < -0.39 is 24.0 Å². The van der Waals surface area contributed by atoms with Crippen molar-refractivity contribution in [1.29, 1.82) is 0 Å². The second kappa shape index (κ2) is 6.96. The van der Waals surface area contributed by atoms with E-state index in [2.05, 4.69) is 4.74 Å². The molecule has 3 N–H and O–H groups in total. The molecule has 0 spiro atoms. The highest BCUT2D eigenvalue weighted by Gasteiger charge is 2.43. The lowest BCUT2D eigenvalue weighted by Gasteiger charge is -2.28. The van der Waals surface area contributed by atoms with Crippen LogP contribution in [-0.4, -0.2) is 19.3 Å². The molecule has 2 unspecified atom stereocenters. The molecule has 0 bridgehead atoms. The highest BCUT2D eigenvalue weighted by molar-refractivity contribution is 5.85. The Morgan fingerprint density at radius 1 is 1.31 bits per heavy atom. The number of carbonyl (C=O) groups excluding carboxylic acids is 1. The normalized spacial score (nSPS) is 25.0. The minimum absolute atomic E-state index is 0. The summed E-state index contributed by atoms with van der Waals surface area (Å²) < 4.78 is 41.4. The molecule has 1 rings (SSSR count). The van der Waals surface area contributed by atoms with E-state index in [1.807, 2.05) is 0 Å². The Labute approximate surface area is 98.7 Å². The largest absolute Gasteiger partial charge is 0.469 e. The molecule has 1 aliphatic carbocycles. The van der Waals surface area contributed by atoms with Crippen LogP contribution in [0.3, 0.4) is 0 Å². The zero-order valence-electron chi connectivity index (χ0n) is 9.05. The van der Waals surface area contributed by atoms with Crippen molar-refractivity contribution in [3.63, 3.8) is 0 Å². The number of hydrogen-bond donors (Lipinski definition) is 1. The average molecular weight is 264 g/mol. The molecule has 98 valence electrons. The van der Waals surface area contributed by atoms with Crippen molar-refractivity contribution in [3.8, 4) is 0 Å². The fourth-order valence-electron chi connectivity index (χ4n) is 1.87. The minimum Gasteiger partial charge on any atom is -0.469 e. The summed E-state index contributed by atoms with van der Waals surface area (Å²) in [4.78, 5) is 11.0. The van der Waals surface area contributed by atoms with E-state index in [0.717, 1.165) is 0 Å². The third-order valence-electron chi connectivity index (χ3n) is 2.67. The van der Waals surface area contributed by atoms with Crippen molar-refractivity contribution in [2.45, 2.75) is 31.9 Å². The molecular formula is C9H17ClF3NO2. The Hall–Kier alpha value is -0.490. The van der Waals surface area contributed by atoms with Crippen LogP contribution in [0.1, 0.15) is 25.7 Å². The third-order valence-corrected chi connectivity index (χ3v) is 2.67. The highest BCUT2D eigenvalue weighted by atomic mass is 35.5. The topological polar surface area (TPSA) is 61.3 Å². The van der Waals surface area contributed by atoms with Gasteiger partial charge >= 0.3 is 12.1 Å². The first-order chi connectivity index (χ1) is 6.45. The minimum atomic E-state index is -4.17. The zero-order chi connectivity index (χ0) is 10.8. The molecule has 1 saturated carbocycles. The van der Waals surface area contributed by atoms with Gasteiger partial charge in [0.25, 0.3) is 0 Å². The number of hydrogen-bond acceptors (Lipinski definition) is 3. The Bertz CT molecular complexity index is 223. The molecule has 0 aromatic heterocycles. The number of halogens is 4. The molecule has 0 aliphatic heterocycles. The second-order valence-corrected chi connectivity index (χ2v) is 3.63. The summed E-state index contributed by atoms with van der Waals surface area (Å²) in [5, 5.41) is 0. The second-order valence-electron chi connectivity index (χ2n) is 3.63. The van der Waals surface area contributed by atoms with Crippen LogP contribution in [-0.2, 0) is 9.53 Å². The van der Waals surface area contributed by atoms with Gasteiger partial charge in [0, 0.05) is 0 Å². The van der Waals surface area contributed by atoms with Crippen molar-refractivity contribution in [1.82, 2.24) is 6.15 Å². The smallest absolute Gasteiger partial charge is 0.391 e. The van der Waals surface area contributed by atoms with Crippen molar-refractivity contribution in [3.05, 3.63) is 0 Å². The van der Waals surface area contributed by atoms with Gasteiger partial charge in [-0.3, -0.25) is 4.79 Å². The van der Waals surface area contributed by atoms with E-state index in [1.54, 1.807) is 0 Å². The van der Waals surface area contributed by atoms with Crippen molar-refractivity contribution in [2.24, 2.45) is 11.8 Å². The van der Waals surface area contributed by atoms with E-state index in [0.29, 0.717) is 12.8 Å². The number of methoxy groups -OCH3 is 1. The van der Waals surface area contributed by atoms with Crippen molar-refractivity contribution < 1.29 is 22.7 Å². The van der Waals surface area contributed by atoms with Gasteiger partial charge in [-0.1, -0.05) is 6.42 Å². The number of rotatable bonds is 1. The van der Waals surface area contributed by atoms with Gasteiger partial charge in [-0.05, 0) is 19.3 Å². The first-order valence-electron chi connectivity index (χ1n) is 4.59. The lowest BCUT2D eigenvalue weighted by Crippen LogP contribution is -2.32. The summed E-state index contributed by atoms with van der Waals surface area (Å²) in [6, 6.07) is 0. The molecule has 16 heavy (non-hydrogen) atoms. The fourth-order valence-corrected chi connectivity index (χ4v) is 1.87. The molecule has 0 saturated heterocycles. The van der Waals surface area contributed by atoms with Gasteiger partial charge in [0.15, 0.2) is 0 Å². The predicted octanol–water partition coefficient (Wildman–Crippen LogP) is 3.11. The Kier molecular flexibility index (Phi) is 7.78. The molecule has 0 aromatic carbocycles. The average Bonchev–Trinajstić information content (AvgIpc) is 2.15. The van der Waals surface area contributed by atoms with Crippen LogP contribution in [0.2, 0.25) is 0 Å². The van der Waals surface area contributed by atoms with E-state index in [-0.39, 0.29) is 31.4 Å². The van der Waals surface area contributed by atoms with Crippen LogP contribution < -0.4 is 6.15 Å². The Morgan fingerprint density at radius 2 is 1.88 bits per heavy atom. The molecule has 0 radical (unpaired) electrons. The fraction of sp³-hybridized carbons (Fsp3) is 0.889. The first kappa shape index (κ1) is 17.9. The standard InChI is InChI=1S/C9H13F3O2.ClH.H3N/c1-14-8(13)6-3-2-4-7(5-6)9(10,11)12;;/h6-7H,2-5H2,1H3;1H;1H3. The number of carbonyl (C=O) groups is 1.